The lowest BCUT2D eigenvalue weighted by molar-refractivity contribution is -0.385. The van der Waals surface area contributed by atoms with Crippen LogP contribution in [-0.4, -0.2) is 51.7 Å². The van der Waals surface area contributed by atoms with E-state index in [-0.39, 0.29) is 24.1 Å². The Hall–Kier alpha value is -1.96. The maximum Gasteiger partial charge on any atom is 0.309 e. The fourth-order valence-electron chi connectivity index (χ4n) is 2.50. The van der Waals surface area contributed by atoms with Crippen molar-refractivity contribution in [2.45, 2.75) is 38.8 Å². The predicted molar refractivity (Wildman–Crippen MR) is 76.9 cm³/mol. The molecule has 0 atom stereocenters. The van der Waals surface area contributed by atoms with Crippen molar-refractivity contribution in [1.29, 1.82) is 0 Å². The summed E-state index contributed by atoms with van der Waals surface area (Å²) in [7, 11) is 2.07. The third-order valence-electron chi connectivity index (χ3n) is 3.91. The number of nitro groups is 1. The van der Waals surface area contributed by atoms with Gasteiger partial charge in [0.15, 0.2) is 0 Å². The smallest absolute Gasteiger partial charge is 0.309 e. The van der Waals surface area contributed by atoms with Crippen LogP contribution < -0.4 is 5.32 Å². The standard InChI is InChI=1S/C13H21N5O3/c1-10-12(18(20)21)9-14-17(10)8-5-13(19)15-11-3-6-16(2)7-4-11/h9,11H,3-8H2,1-2H3,(H,15,19). The molecular weight excluding hydrogens is 274 g/mol. The summed E-state index contributed by atoms with van der Waals surface area (Å²) in [6.45, 7) is 3.99. The molecule has 2 rings (SSSR count). The lowest BCUT2D eigenvalue weighted by Crippen LogP contribution is -2.43. The van der Waals surface area contributed by atoms with E-state index in [1.54, 1.807) is 6.92 Å². The van der Waals surface area contributed by atoms with Crippen molar-refractivity contribution in [3.63, 3.8) is 0 Å². The second-order valence-corrected chi connectivity index (χ2v) is 5.49. The Labute approximate surface area is 123 Å². The van der Waals surface area contributed by atoms with Gasteiger partial charge in [-0.05, 0) is 39.9 Å². The first-order chi connectivity index (χ1) is 9.97. The van der Waals surface area contributed by atoms with Gasteiger partial charge in [-0.3, -0.25) is 19.6 Å². The lowest BCUT2D eigenvalue weighted by Gasteiger charge is -2.29. The molecule has 0 unspecified atom stereocenters. The van der Waals surface area contributed by atoms with E-state index >= 15 is 0 Å². The van der Waals surface area contributed by atoms with Gasteiger partial charge in [-0.2, -0.15) is 5.10 Å². The summed E-state index contributed by atoms with van der Waals surface area (Å²) in [5.74, 6) is -0.0258. The minimum atomic E-state index is -0.461. The number of amides is 1. The zero-order chi connectivity index (χ0) is 15.4. The normalized spacial score (nSPS) is 16.9. The van der Waals surface area contributed by atoms with Crippen molar-refractivity contribution in [3.05, 3.63) is 22.0 Å². The van der Waals surface area contributed by atoms with E-state index in [9.17, 15) is 14.9 Å². The molecule has 8 heteroatoms. The summed E-state index contributed by atoms with van der Waals surface area (Å²) in [4.78, 5) is 24.4. The van der Waals surface area contributed by atoms with E-state index in [0.717, 1.165) is 25.9 Å². The second kappa shape index (κ2) is 6.66. The van der Waals surface area contributed by atoms with Crippen molar-refractivity contribution < 1.29 is 9.72 Å². The van der Waals surface area contributed by atoms with Gasteiger partial charge in [0.2, 0.25) is 5.91 Å². The van der Waals surface area contributed by atoms with Crippen molar-refractivity contribution in [2.75, 3.05) is 20.1 Å². The SMILES string of the molecule is Cc1c([N+](=O)[O-])cnn1CCC(=O)NC1CCN(C)CC1. The van der Waals surface area contributed by atoms with Gasteiger partial charge in [0.05, 0.1) is 11.5 Å². The molecule has 0 radical (unpaired) electrons. The number of carbonyl (C=O) groups is 1. The Morgan fingerprint density at radius 2 is 2.19 bits per heavy atom. The first-order valence-electron chi connectivity index (χ1n) is 7.12. The minimum absolute atomic E-state index is 0.00859. The van der Waals surface area contributed by atoms with Crippen LogP contribution in [0.2, 0.25) is 0 Å². The summed E-state index contributed by atoms with van der Waals surface area (Å²) in [5, 5.41) is 17.7. The molecule has 0 aromatic carbocycles. The summed E-state index contributed by atoms with van der Waals surface area (Å²) in [6, 6.07) is 0.238. The molecular formula is C13H21N5O3. The van der Waals surface area contributed by atoms with Gasteiger partial charge in [-0.1, -0.05) is 0 Å². The lowest BCUT2D eigenvalue weighted by atomic mass is 10.1. The van der Waals surface area contributed by atoms with Crippen LogP contribution in [-0.2, 0) is 11.3 Å². The van der Waals surface area contributed by atoms with Gasteiger partial charge in [-0.25, -0.2) is 0 Å². The zero-order valence-electron chi connectivity index (χ0n) is 12.4. The van der Waals surface area contributed by atoms with Crippen molar-refractivity contribution >= 4 is 11.6 Å². The Balaban J connectivity index is 1.80. The van der Waals surface area contributed by atoms with Crippen LogP contribution in [0.1, 0.15) is 25.0 Å². The molecule has 0 spiro atoms. The van der Waals surface area contributed by atoms with Crippen LogP contribution in [0.3, 0.4) is 0 Å². The summed E-state index contributed by atoms with van der Waals surface area (Å²) < 4.78 is 1.51. The molecule has 0 aliphatic carbocycles. The number of piperidine rings is 1. The number of hydrogen-bond acceptors (Lipinski definition) is 5. The van der Waals surface area contributed by atoms with Crippen molar-refractivity contribution in [1.82, 2.24) is 20.0 Å². The number of aromatic nitrogens is 2. The summed E-state index contributed by atoms with van der Waals surface area (Å²) in [5.41, 5.74) is 0.470. The number of carbonyl (C=O) groups excluding carboxylic acids is 1. The number of likely N-dealkylation sites (tertiary alicyclic amines) is 1. The highest BCUT2D eigenvalue weighted by Gasteiger charge is 2.19. The number of nitrogens with one attached hydrogen (secondary N) is 1. The third kappa shape index (κ3) is 4.01. The molecule has 0 bridgehead atoms. The van der Waals surface area contributed by atoms with Crippen LogP contribution in [0, 0.1) is 17.0 Å². The van der Waals surface area contributed by atoms with E-state index in [2.05, 4.69) is 22.4 Å². The third-order valence-corrected chi connectivity index (χ3v) is 3.91. The summed E-state index contributed by atoms with van der Waals surface area (Å²) in [6.07, 6.45) is 3.44. The number of aryl methyl sites for hydroxylation is 1. The largest absolute Gasteiger partial charge is 0.353 e. The Kier molecular flexibility index (Phi) is 4.89. The zero-order valence-corrected chi connectivity index (χ0v) is 12.4. The van der Waals surface area contributed by atoms with Crippen LogP contribution >= 0.6 is 0 Å². The molecule has 116 valence electrons. The van der Waals surface area contributed by atoms with Gasteiger partial charge in [0.1, 0.15) is 11.9 Å². The number of nitrogens with zero attached hydrogens (tertiary/aromatic N) is 4. The van der Waals surface area contributed by atoms with Crippen LogP contribution in [0.4, 0.5) is 5.69 Å². The van der Waals surface area contributed by atoms with E-state index in [0.29, 0.717) is 12.2 Å². The number of hydrogen-bond donors (Lipinski definition) is 1. The van der Waals surface area contributed by atoms with E-state index < -0.39 is 4.92 Å². The van der Waals surface area contributed by atoms with Gasteiger partial charge in [0, 0.05) is 12.5 Å². The first-order valence-corrected chi connectivity index (χ1v) is 7.12. The predicted octanol–water partition coefficient (Wildman–Crippen LogP) is 0.700. The molecule has 1 aromatic heterocycles. The van der Waals surface area contributed by atoms with E-state index in [1.807, 2.05) is 0 Å². The van der Waals surface area contributed by atoms with Gasteiger partial charge in [0.25, 0.3) is 0 Å². The highest BCUT2D eigenvalue weighted by Crippen LogP contribution is 2.16. The molecule has 1 aliphatic heterocycles. The molecule has 1 N–H and O–H groups in total. The highest BCUT2D eigenvalue weighted by atomic mass is 16.6. The molecule has 1 amide bonds. The van der Waals surface area contributed by atoms with E-state index in [1.165, 1.54) is 10.9 Å². The first kappa shape index (κ1) is 15.4. The molecule has 0 saturated carbocycles. The average molecular weight is 295 g/mol. The Morgan fingerprint density at radius 1 is 1.52 bits per heavy atom. The quantitative estimate of drug-likeness (QED) is 0.637. The topological polar surface area (TPSA) is 93.3 Å². The van der Waals surface area contributed by atoms with Crippen LogP contribution in [0.15, 0.2) is 6.20 Å². The molecule has 21 heavy (non-hydrogen) atoms. The fourth-order valence-corrected chi connectivity index (χ4v) is 2.50. The van der Waals surface area contributed by atoms with Gasteiger partial charge >= 0.3 is 5.69 Å². The van der Waals surface area contributed by atoms with E-state index in [4.69, 9.17) is 0 Å². The van der Waals surface area contributed by atoms with Crippen molar-refractivity contribution in [3.8, 4) is 0 Å². The molecule has 1 saturated heterocycles. The molecule has 2 heterocycles. The van der Waals surface area contributed by atoms with Gasteiger partial charge in [-0.15, -0.1) is 0 Å². The highest BCUT2D eigenvalue weighted by molar-refractivity contribution is 5.76. The second-order valence-electron chi connectivity index (χ2n) is 5.49. The van der Waals surface area contributed by atoms with Gasteiger partial charge < -0.3 is 10.2 Å². The summed E-state index contributed by atoms with van der Waals surface area (Å²) >= 11 is 0. The Morgan fingerprint density at radius 3 is 2.76 bits per heavy atom. The molecule has 1 aliphatic rings. The number of rotatable bonds is 5. The maximum absolute atomic E-state index is 11.9. The molecule has 1 fully saturated rings. The average Bonchev–Trinajstić information content (AvgIpc) is 2.80. The fraction of sp³-hybridized carbons (Fsp3) is 0.692. The van der Waals surface area contributed by atoms with Crippen LogP contribution in [0.5, 0.6) is 0 Å². The maximum atomic E-state index is 11.9. The van der Waals surface area contributed by atoms with Crippen LogP contribution in [0.25, 0.3) is 0 Å². The minimum Gasteiger partial charge on any atom is -0.353 e. The monoisotopic (exact) mass is 295 g/mol. The van der Waals surface area contributed by atoms with Crippen molar-refractivity contribution in [2.24, 2.45) is 0 Å². The Bertz CT molecular complexity index is 520. The molecule has 1 aromatic rings. The molecule has 8 nitrogen and oxygen atoms in total.